The third-order valence-electron chi connectivity index (χ3n) is 3.66. The highest BCUT2D eigenvalue weighted by Crippen LogP contribution is 2.53. The van der Waals surface area contributed by atoms with E-state index in [1.807, 2.05) is 6.07 Å². The molecule has 66 valence electrons. The van der Waals surface area contributed by atoms with Crippen LogP contribution in [0.2, 0.25) is 0 Å². The molecule has 2 aliphatic rings. The van der Waals surface area contributed by atoms with Gasteiger partial charge in [-0.25, -0.2) is 0 Å². The predicted octanol–water partition coefficient (Wildman–Crippen LogP) is 2.48. The van der Waals surface area contributed by atoms with Gasteiger partial charge in [0.05, 0.1) is 0 Å². The van der Waals surface area contributed by atoms with Crippen LogP contribution in [0.5, 0.6) is 0 Å². The first kappa shape index (κ1) is 7.31. The van der Waals surface area contributed by atoms with E-state index in [1.54, 1.807) is 0 Å². The van der Waals surface area contributed by atoms with Crippen molar-refractivity contribution in [3.63, 3.8) is 0 Å². The second kappa shape index (κ2) is 2.22. The van der Waals surface area contributed by atoms with Gasteiger partial charge in [-0.2, -0.15) is 0 Å². The monoisotopic (exact) mass is 172 g/mol. The van der Waals surface area contributed by atoms with Gasteiger partial charge in [0, 0.05) is 11.8 Å². The van der Waals surface area contributed by atoms with Crippen LogP contribution in [0.25, 0.3) is 0 Å². The summed E-state index contributed by atoms with van der Waals surface area (Å²) in [5, 5.41) is 0. The number of fused-ring (bicyclic) bond motifs is 5. The smallest absolute Gasteiger partial charge is 0.143 e. The summed E-state index contributed by atoms with van der Waals surface area (Å²) < 4.78 is 0. The minimum absolute atomic E-state index is 0.233. The Morgan fingerprint density at radius 3 is 2.69 bits per heavy atom. The molecule has 3 rings (SSSR count). The highest BCUT2D eigenvalue weighted by molar-refractivity contribution is 5.93. The third-order valence-corrected chi connectivity index (χ3v) is 3.66. The van der Waals surface area contributed by atoms with Gasteiger partial charge >= 0.3 is 0 Å². The summed E-state index contributed by atoms with van der Waals surface area (Å²) in [6, 6.07) is 8.42. The number of Topliss-reactive ketones (excluding diaryl/α,β-unsaturated/α-hetero) is 1. The first-order chi connectivity index (χ1) is 6.29. The van der Waals surface area contributed by atoms with Gasteiger partial charge in [-0.15, -0.1) is 0 Å². The van der Waals surface area contributed by atoms with Gasteiger partial charge in [-0.1, -0.05) is 31.2 Å². The molecule has 0 heterocycles. The standard InChI is InChI=1S/C12H12O/c1-7-10-6-11(12(7)13)9-5-3-2-4-8(9)10/h2-5,7,10-11H,6H2,1H3. The molecule has 0 aliphatic heterocycles. The Balaban J connectivity index is 2.22. The molecule has 0 aromatic heterocycles. The topological polar surface area (TPSA) is 17.1 Å². The number of hydrogen-bond donors (Lipinski definition) is 0. The molecule has 1 fully saturated rings. The van der Waals surface area contributed by atoms with Crippen molar-refractivity contribution in [3.8, 4) is 0 Å². The molecular formula is C12H12O. The molecule has 1 saturated carbocycles. The molecule has 1 aromatic carbocycles. The number of carbonyl (C=O) groups is 1. The van der Waals surface area contributed by atoms with E-state index in [0.717, 1.165) is 6.42 Å². The zero-order chi connectivity index (χ0) is 9.00. The van der Waals surface area contributed by atoms with Crippen LogP contribution in [0, 0.1) is 5.92 Å². The van der Waals surface area contributed by atoms with E-state index in [1.165, 1.54) is 11.1 Å². The molecule has 1 heteroatoms. The van der Waals surface area contributed by atoms with Crippen LogP contribution in [0.3, 0.4) is 0 Å². The van der Waals surface area contributed by atoms with Gasteiger partial charge < -0.3 is 0 Å². The summed E-state index contributed by atoms with van der Waals surface area (Å²) in [4.78, 5) is 11.7. The van der Waals surface area contributed by atoms with E-state index in [0.29, 0.717) is 11.7 Å². The van der Waals surface area contributed by atoms with E-state index in [4.69, 9.17) is 0 Å². The van der Waals surface area contributed by atoms with E-state index < -0.39 is 0 Å². The van der Waals surface area contributed by atoms with Crippen molar-refractivity contribution in [2.45, 2.75) is 25.2 Å². The largest absolute Gasteiger partial charge is 0.299 e. The van der Waals surface area contributed by atoms with Crippen molar-refractivity contribution < 1.29 is 4.79 Å². The van der Waals surface area contributed by atoms with Crippen LogP contribution in [-0.4, -0.2) is 5.78 Å². The summed E-state index contributed by atoms with van der Waals surface area (Å²) in [6.45, 7) is 2.07. The lowest BCUT2D eigenvalue weighted by Crippen LogP contribution is -2.18. The molecule has 3 unspecified atom stereocenters. The third kappa shape index (κ3) is 0.749. The predicted molar refractivity (Wildman–Crippen MR) is 50.7 cm³/mol. The van der Waals surface area contributed by atoms with Crippen molar-refractivity contribution in [1.29, 1.82) is 0 Å². The Hall–Kier alpha value is -1.11. The van der Waals surface area contributed by atoms with Crippen LogP contribution in [0.4, 0.5) is 0 Å². The van der Waals surface area contributed by atoms with Crippen LogP contribution >= 0.6 is 0 Å². The van der Waals surface area contributed by atoms with Gasteiger partial charge in [0.2, 0.25) is 0 Å². The fourth-order valence-electron chi connectivity index (χ4n) is 2.93. The quantitative estimate of drug-likeness (QED) is 0.587. The zero-order valence-electron chi connectivity index (χ0n) is 7.66. The van der Waals surface area contributed by atoms with Gasteiger partial charge in [0.25, 0.3) is 0 Å². The fourth-order valence-corrected chi connectivity index (χ4v) is 2.93. The second-order valence-electron chi connectivity index (χ2n) is 4.21. The van der Waals surface area contributed by atoms with Crippen molar-refractivity contribution in [3.05, 3.63) is 35.4 Å². The van der Waals surface area contributed by atoms with E-state index >= 15 is 0 Å². The van der Waals surface area contributed by atoms with E-state index in [-0.39, 0.29) is 11.8 Å². The summed E-state index contributed by atoms with van der Waals surface area (Å²) in [7, 11) is 0. The van der Waals surface area contributed by atoms with Gasteiger partial charge in [-0.05, 0) is 23.5 Å². The van der Waals surface area contributed by atoms with E-state index in [9.17, 15) is 4.79 Å². The molecule has 13 heavy (non-hydrogen) atoms. The summed E-state index contributed by atoms with van der Waals surface area (Å²) in [5.41, 5.74) is 2.73. The van der Waals surface area contributed by atoms with Crippen LogP contribution < -0.4 is 0 Å². The Bertz CT molecular complexity index is 380. The number of hydrogen-bond acceptors (Lipinski definition) is 1. The Kier molecular flexibility index (Phi) is 1.25. The van der Waals surface area contributed by atoms with Gasteiger partial charge in [0.1, 0.15) is 5.78 Å². The molecule has 3 atom stereocenters. The first-order valence-electron chi connectivity index (χ1n) is 4.91. The first-order valence-corrected chi connectivity index (χ1v) is 4.91. The maximum atomic E-state index is 11.7. The number of rotatable bonds is 0. The van der Waals surface area contributed by atoms with Crippen molar-refractivity contribution >= 4 is 5.78 Å². The summed E-state index contributed by atoms with van der Waals surface area (Å²) >= 11 is 0. The molecule has 0 N–H and O–H groups in total. The highest BCUT2D eigenvalue weighted by Gasteiger charge is 2.47. The molecular weight excluding hydrogens is 160 g/mol. The number of ketones is 1. The maximum absolute atomic E-state index is 11.7. The molecule has 0 saturated heterocycles. The lowest BCUT2D eigenvalue weighted by molar-refractivity contribution is -0.121. The molecule has 1 nitrogen and oxygen atoms in total. The molecule has 1 aromatic rings. The number of benzene rings is 1. The lowest BCUT2D eigenvalue weighted by atomic mass is 9.84. The van der Waals surface area contributed by atoms with Crippen molar-refractivity contribution in [2.24, 2.45) is 5.92 Å². The molecule has 0 radical (unpaired) electrons. The van der Waals surface area contributed by atoms with E-state index in [2.05, 4.69) is 25.1 Å². The average molecular weight is 172 g/mol. The fraction of sp³-hybridized carbons (Fsp3) is 0.417. The SMILES string of the molecule is CC1C(=O)C2CC1c1ccccc12. The molecule has 0 spiro atoms. The van der Waals surface area contributed by atoms with Gasteiger partial charge in [0.15, 0.2) is 0 Å². The summed E-state index contributed by atoms with van der Waals surface area (Å²) in [6.07, 6.45) is 1.07. The minimum Gasteiger partial charge on any atom is -0.299 e. The molecule has 2 bridgehead atoms. The summed E-state index contributed by atoms with van der Waals surface area (Å²) in [5.74, 6) is 1.48. The number of carbonyl (C=O) groups excluding carboxylic acids is 1. The van der Waals surface area contributed by atoms with Crippen molar-refractivity contribution in [1.82, 2.24) is 0 Å². The minimum atomic E-state index is 0.233. The molecule has 0 amide bonds. The normalized spacial score (nSPS) is 35.2. The highest BCUT2D eigenvalue weighted by atomic mass is 16.1. The van der Waals surface area contributed by atoms with Crippen molar-refractivity contribution in [2.75, 3.05) is 0 Å². The average Bonchev–Trinajstić information content (AvgIpc) is 2.66. The van der Waals surface area contributed by atoms with Crippen LogP contribution in [-0.2, 0) is 4.79 Å². The Labute approximate surface area is 77.8 Å². The maximum Gasteiger partial charge on any atom is 0.143 e. The van der Waals surface area contributed by atoms with Gasteiger partial charge in [-0.3, -0.25) is 4.79 Å². The zero-order valence-corrected chi connectivity index (χ0v) is 7.66. The Morgan fingerprint density at radius 1 is 1.23 bits per heavy atom. The molecule has 2 aliphatic carbocycles. The second-order valence-corrected chi connectivity index (χ2v) is 4.21. The lowest BCUT2D eigenvalue weighted by Gasteiger charge is -2.19. The van der Waals surface area contributed by atoms with Crippen LogP contribution in [0.15, 0.2) is 24.3 Å². The Morgan fingerprint density at radius 2 is 1.92 bits per heavy atom. The van der Waals surface area contributed by atoms with Crippen LogP contribution in [0.1, 0.15) is 36.3 Å².